The minimum Gasteiger partial charge on any atom is -0.466 e. The molecule has 1 heterocycles. The largest absolute Gasteiger partial charge is 0.466 e. The SMILES string of the molecule is CCc1ccc(N2C(N)=C(C#N)C(c3ccccc3)C(C(=O)OC)=C2C(=O)OC)cc1. The van der Waals surface area contributed by atoms with Crippen molar-refractivity contribution >= 4 is 17.6 Å². The molecule has 2 aromatic rings. The van der Waals surface area contributed by atoms with Crippen LogP contribution in [-0.4, -0.2) is 26.2 Å². The van der Waals surface area contributed by atoms with Gasteiger partial charge in [0.25, 0.3) is 0 Å². The molecule has 31 heavy (non-hydrogen) atoms. The maximum atomic E-state index is 12.9. The van der Waals surface area contributed by atoms with E-state index < -0.39 is 17.9 Å². The second-order valence-electron chi connectivity index (χ2n) is 6.86. The molecule has 158 valence electrons. The number of allylic oxidation sites excluding steroid dienone is 1. The molecule has 7 nitrogen and oxygen atoms in total. The highest BCUT2D eigenvalue weighted by molar-refractivity contribution is 6.06. The van der Waals surface area contributed by atoms with E-state index in [1.165, 1.54) is 19.1 Å². The number of anilines is 1. The third-order valence-corrected chi connectivity index (χ3v) is 5.21. The lowest BCUT2D eigenvalue weighted by Gasteiger charge is -2.35. The predicted octanol–water partition coefficient (Wildman–Crippen LogP) is 3.15. The minimum atomic E-state index is -0.876. The van der Waals surface area contributed by atoms with Crippen molar-refractivity contribution < 1.29 is 19.1 Å². The van der Waals surface area contributed by atoms with Gasteiger partial charge in [0.05, 0.1) is 37.4 Å². The van der Waals surface area contributed by atoms with Crippen molar-refractivity contribution in [2.24, 2.45) is 5.73 Å². The topological polar surface area (TPSA) is 106 Å². The van der Waals surface area contributed by atoms with Gasteiger partial charge < -0.3 is 15.2 Å². The first-order valence-corrected chi connectivity index (χ1v) is 9.72. The zero-order chi connectivity index (χ0) is 22.5. The second-order valence-corrected chi connectivity index (χ2v) is 6.86. The van der Waals surface area contributed by atoms with Crippen LogP contribution in [-0.2, 0) is 25.5 Å². The van der Waals surface area contributed by atoms with Crippen molar-refractivity contribution in [3.8, 4) is 6.07 Å². The maximum absolute atomic E-state index is 12.9. The van der Waals surface area contributed by atoms with Gasteiger partial charge in [0.2, 0.25) is 0 Å². The molecular formula is C24H23N3O4. The monoisotopic (exact) mass is 417 g/mol. The number of rotatable bonds is 5. The fourth-order valence-corrected chi connectivity index (χ4v) is 3.66. The molecule has 2 aromatic carbocycles. The Morgan fingerprint density at radius 3 is 2.16 bits per heavy atom. The fraction of sp³-hybridized carbons (Fsp3) is 0.208. The highest BCUT2D eigenvalue weighted by Gasteiger charge is 2.42. The lowest BCUT2D eigenvalue weighted by molar-refractivity contribution is -0.139. The molecule has 1 aliphatic heterocycles. The molecule has 0 amide bonds. The standard InChI is InChI=1S/C24H23N3O4/c1-4-15-10-12-17(13-11-15)27-21(24(29)31-3)20(23(28)30-2)19(18(14-25)22(27)26)16-8-6-5-7-9-16/h5-13,19H,4,26H2,1-3H3. The van der Waals surface area contributed by atoms with Gasteiger partial charge in [0.1, 0.15) is 11.5 Å². The molecule has 2 N–H and O–H groups in total. The summed E-state index contributed by atoms with van der Waals surface area (Å²) in [6, 6.07) is 18.4. The van der Waals surface area contributed by atoms with Crippen LogP contribution in [0.15, 0.2) is 77.3 Å². The molecule has 1 unspecified atom stereocenters. The number of nitrogens with two attached hydrogens (primary N) is 1. The van der Waals surface area contributed by atoms with Gasteiger partial charge in [-0.05, 0) is 29.7 Å². The summed E-state index contributed by atoms with van der Waals surface area (Å²) in [4.78, 5) is 27.3. The summed E-state index contributed by atoms with van der Waals surface area (Å²) in [5, 5.41) is 9.99. The molecule has 0 fully saturated rings. The van der Waals surface area contributed by atoms with Crippen molar-refractivity contribution in [2.45, 2.75) is 19.3 Å². The maximum Gasteiger partial charge on any atom is 0.355 e. The van der Waals surface area contributed by atoms with Gasteiger partial charge in [0, 0.05) is 5.69 Å². The smallest absolute Gasteiger partial charge is 0.355 e. The van der Waals surface area contributed by atoms with Gasteiger partial charge in [-0.2, -0.15) is 5.26 Å². The first-order valence-electron chi connectivity index (χ1n) is 9.72. The van der Waals surface area contributed by atoms with Crippen molar-refractivity contribution in [1.82, 2.24) is 0 Å². The van der Waals surface area contributed by atoms with E-state index in [9.17, 15) is 14.9 Å². The molecule has 0 aromatic heterocycles. The van der Waals surface area contributed by atoms with Crippen LogP contribution < -0.4 is 10.6 Å². The molecule has 3 rings (SSSR count). The third kappa shape index (κ3) is 3.88. The molecule has 0 saturated heterocycles. The number of aryl methyl sites for hydroxylation is 1. The molecule has 0 bridgehead atoms. The Kier molecular flexibility index (Phi) is 6.41. The Balaban J connectivity index is 2.37. The Hall–Kier alpha value is -4.05. The van der Waals surface area contributed by atoms with Gasteiger partial charge >= 0.3 is 11.9 Å². The van der Waals surface area contributed by atoms with Gasteiger partial charge in [0.15, 0.2) is 0 Å². The Labute approximate surface area is 181 Å². The van der Waals surface area contributed by atoms with Gasteiger partial charge in [-0.3, -0.25) is 4.90 Å². The Morgan fingerprint density at radius 2 is 1.65 bits per heavy atom. The van der Waals surface area contributed by atoms with Crippen molar-refractivity contribution in [3.63, 3.8) is 0 Å². The number of esters is 2. The number of methoxy groups -OCH3 is 2. The number of hydrogen-bond acceptors (Lipinski definition) is 7. The van der Waals surface area contributed by atoms with Gasteiger partial charge in [-0.15, -0.1) is 0 Å². The van der Waals surface area contributed by atoms with E-state index in [4.69, 9.17) is 15.2 Å². The first kappa shape index (κ1) is 21.7. The van der Waals surface area contributed by atoms with Crippen LogP contribution in [0.3, 0.4) is 0 Å². The number of benzene rings is 2. The average molecular weight is 417 g/mol. The van der Waals surface area contributed by atoms with Crippen LogP contribution >= 0.6 is 0 Å². The molecule has 7 heteroatoms. The third-order valence-electron chi connectivity index (χ3n) is 5.21. The van der Waals surface area contributed by atoms with Gasteiger partial charge in [-0.1, -0.05) is 49.4 Å². The number of nitrogens with zero attached hydrogens (tertiary/aromatic N) is 2. The Bertz CT molecular complexity index is 1100. The molecule has 1 aliphatic rings. The highest BCUT2D eigenvalue weighted by Crippen LogP contribution is 2.43. The summed E-state index contributed by atoms with van der Waals surface area (Å²) in [7, 11) is 2.44. The predicted molar refractivity (Wildman–Crippen MR) is 115 cm³/mol. The Morgan fingerprint density at radius 1 is 1.03 bits per heavy atom. The van der Waals surface area contributed by atoms with Crippen LogP contribution in [0, 0.1) is 11.3 Å². The summed E-state index contributed by atoms with van der Waals surface area (Å²) in [5.74, 6) is -2.34. The van der Waals surface area contributed by atoms with Gasteiger partial charge in [-0.25, -0.2) is 9.59 Å². The number of nitriles is 1. The molecule has 0 aliphatic carbocycles. The average Bonchev–Trinajstić information content (AvgIpc) is 2.82. The molecule has 0 radical (unpaired) electrons. The summed E-state index contributed by atoms with van der Waals surface area (Å²) in [6.45, 7) is 2.03. The molecule has 0 spiro atoms. The van der Waals surface area contributed by atoms with Crippen LogP contribution in [0.5, 0.6) is 0 Å². The quantitative estimate of drug-likeness (QED) is 0.745. The van der Waals surface area contributed by atoms with Crippen LogP contribution in [0.25, 0.3) is 0 Å². The minimum absolute atomic E-state index is 0.00846. The first-order chi connectivity index (χ1) is 15.0. The van der Waals surface area contributed by atoms with Crippen molar-refractivity contribution in [1.29, 1.82) is 5.26 Å². The van der Waals surface area contributed by atoms with E-state index in [2.05, 4.69) is 6.07 Å². The zero-order valence-corrected chi connectivity index (χ0v) is 17.6. The lowest BCUT2D eigenvalue weighted by Crippen LogP contribution is -2.40. The second kappa shape index (κ2) is 9.18. The summed E-state index contributed by atoms with van der Waals surface area (Å²) >= 11 is 0. The van der Waals surface area contributed by atoms with Crippen LogP contribution in [0.1, 0.15) is 24.0 Å². The number of ether oxygens (including phenoxy) is 2. The molecule has 0 saturated carbocycles. The van der Waals surface area contributed by atoms with Crippen LogP contribution in [0.2, 0.25) is 0 Å². The lowest BCUT2D eigenvalue weighted by atomic mass is 9.81. The summed E-state index contributed by atoms with van der Waals surface area (Å²) in [5.41, 5.74) is 8.73. The van der Waals surface area contributed by atoms with E-state index in [1.807, 2.05) is 25.1 Å². The zero-order valence-electron chi connectivity index (χ0n) is 17.6. The van der Waals surface area contributed by atoms with E-state index in [1.54, 1.807) is 36.4 Å². The number of carbonyl (C=O) groups is 2. The molecular weight excluding hydrogens is 394 g/mol. The highest BCUT2D eigenvalue weighted by atomic mass is 16.5. The normalized spacial score (nSPS) is 16.1. The van der Waals surface area contributed by atoms with Crippen LogP contribution in [0.4, 0.5) is 5.69 Å². The van der Waals surface area contributed by atoms with Crippen molar-refractivity contribution in [3.05, 3.63) is 88.4 Å². The summed E-state index contributed by atoms with van der Waals surface area (Å²) < 4.78 is 10.0. The van der Waals surface area contributed by atoms with E-state index in [0.29, 0.717) is 11.3 Å². The van der Waals surface area contributed by atoms with E-state index in [-0.39, 0.29) is 22.7 Å². The number of hydrogen-bond donors (Lipinski definition) is 1. The van der Waals surface area contributed by atoms with E-state index in [0.717, 1.165) is 12.0 Å². The van der Waals surface area contributed by atoms with Crippen molar-refractivity contribution in [2.75, 3.05) is 19.1 Å². The van der Waals surface area contributed by atoms with E-state index >= 15 is 0 Å². The number of carbonyl (C=O) groups excluding carboxylic acids is 2. The fourth-order valence-electron chi connectivity index (χ4n) is 3.66. The summed E-state index contributed by atoms with van der Waals surface area (Å²) in [6.07, 6.45) is 0.832. The molecule has 1 atom stereocenters.